The third-order valence-electron chi connectivity index (χ3n) is 3.53. The normalized spacial score (nSPS) is 18.4. The molecular weight excluding hydrogens is 270 g/mol. The highest BCUT2D eigenvalue weighted by atomic mass is 32.2. The molecule has 1 aliphatic rings. The van der Waals surface area contributed by atoms with E-state index in [2.05, 4.69) is 22.5 Å². The lowest BCUT2D eigenvalue weighted by molar-refractivity contribution is 0.248. The first-order valence-corrected chi connectivity index (χ1v) is 8.31. The fraction of sp³-hybridized carbons (Fsp3) is 0.533. The van der Waals surface area contributed by atoms with Crippen LogP contribution in [-0.4, -0.2) is 37.2 Å². The van der Waals surface area contributed by atoms with Crippen molar-refractivity contribution in [1.29, 1.82) is 0 Å². The van der Waals surface area contributed by atoms with E-state index in [0.717, 1.165) is 30.1 Å². The van der Waals surface area contributed by atoms with Crippen molar-refractivity contribution < 1.29 is 4.79 Å². The Bertz CT molecular complexity index is 446. The predicted octanol–water partition coefficient (Wildman–Crippen LogP) is 3.16. The van der Waals surface area contributed by atoms with Gasteiger partial charge in [-0.05, 0) is 37.7 Å². The maximum absolute atomic E-state index is 12.1. The minimum Gasteiger partial charge on any atom is -0.373 e. The molecule has 1 atom stereocenters. The second kappa shape index (κ2) is 7.43. The summed E-state index contributed by atoms with van der Waals surface area (Å²) in [5, 5.41) is 6.03. The van der Waals surface area contributed by atoms with Gasteiger partial charge in [0.1, 0.15) is 0 Å². The molecule has 1 fully saturated rings. The molecule has 110 valence electrons. The van der Waals surface area contributed by atoms with Crippen molar-refractivity contribution in [2.24, 2.45) is 0 Å². The number of nitrogens with zero attached hydrogens (tertiary/aromatic N) is 1. The van der Waals surface area contributed by atoms with Crippen LogP contribution in [0, 0.1) is 0 Å². The number of benzene rings is 1. The summed E-state index contributed by atoms with van der Waals surface area (Å²) in [4.78, 5) is 14.2. The van der Waals surface area contributed by atoms with Gasteiger partial charge in [-0.25, -0.2) is 4.79 Å². The van der Waals surface area contributed by atoms with E-state index in [1.165, 1.54) is 12.2 Å². The van der Waals surface area contributed by atoms with E-state index >= 15 is 0 Å². The van der Waals surface area contributed by atoms with E-state index in [1.807, 2.05) is 43.1 Å². The molecule has 5 heteroatoms. The van der Waals surface area contributed by atoms with Crippen molar-refractivity contribution in [3.8, 4) is 0 Å². The van der Waals surface area contributed by atoms with Gasteiger partial charge in [0, 0.05) is 25.4 Å². The first-order chi connectivity index (χ1) is 9.70. The summed E-state index contributed by atoms with van der Waals surface area (Å²) in [5.74, 6) is 2.23. The SMILES string of the molecule is CCN(C)c1ccccc1NC(=O)N[C@@H]1CCCSC1. The molecule has 2 N–H and O–H groups in total. The number of carbonyl (C=O) groups is 1. The third kappa shape index (κ3) is 4.07. The number of carbonyl (C=O) groups excluding carboxylic acids is 1. The van der Waals surface area contributed by atoms with Crippen LogP contribution >= 0.6 is 11.8 Å². The van der Waals surface area contributed by atoms with Crippen LogP contribution in [0.25, 0.3) is 0 Å². The molecule has 0 bridgehead atoms. The number of amides is 2. The summed E-state index contributed by atoms with van der Waals surface area (Å²) in [6, 6.07) is 8.09. The molecule has 1 aromatic carbocycles. The first-order valence-electron chi connectivity index (χ1n) is 7.16. The number of hydrogen-bond acceptors (Lipinski definition) is 3. The van der Waals surface area contributed by atoms with Gasteiger partial charge in [0.15, 0.2) is 0 Å². The van der Waals surface area contributed by atoms with E-state index in [4.69, 9.17) is 0 Å². The van der Waals surface area contributed by atoms with Gasteiger partial charge in [0.05, 0.1) is 11.4 Å². The summed E-state index contributed by atoms with van der Waals surface area (Å²) in [6.45, 7) is 3.00. The number of para-hydroxylation sites is 2. The Morgan fingerprint density at radius 2 is 2.25 bits per heavy atom. The smallest absolute Gasteiger partial charge is 0.319 e. The van der Waals surface area contributed by atoms with Crippen LogP contribution in [0.5, 0.6) is 0 Å². The highest BCUT2D eigenvalue weighted by molar-refractivity contribution is 7.99. The van der Waals surface area contributed by atoms with Gasteiger partial charge in [-0.2, -0.15) is 11.8 Å². The summed E-state index contributed by atoms with van der Waals surface area (Å²) in [7, 11) is 2.02. The Labute approximate surface area is 125 Å². The van der Waals surface area contributed by atoms with Gasteiger partial charge in [-0.15, -0.1) is 0 Å². The van der Waals surface area contributed by atoms with E-state index < -0.39 is 0 Å². The minimum absolute atomic E-state index is 0.102. The van der Waals surface area contributed by atoms with E-state index in [9.17, 15) is 4.79 Å². The number of hydrogen-bond donors (Lipinski definition) is 2. The molecule has 0 aliphatic carbocycles. The fourth-order valence-corrected chi connectivity index (χ4v) is 3.35. The quantitative estimate of drug-likeness (QED) is 0.896. The van der Waals surface area contributed by atoms with Crippen molar-refractivity contribution in [2.45, 2.75) is 25.8 Å². The second-order valence-corrected chi connectivity index (χ2v) is 6.19. The lowest BCUT2D eigenvalue weighted by atomic mass is 10.2. The van der Waals surface area contributed by atoms with Crippen molar-refractivity contribution >= 4 is 29.2 Å². The maximum atomic E-state index is 12.1. The average Bonchev–Trinajstić information content (AvgIpc) is 2.48. The predicted molar refractivity (Wildman–Crippen MR) is 87.9 cm³/mol. The van der Waals surface area contributed by atoms with Crippen molar-refractivity contribution in [3.63, 3.8) is 0 Å². The molecule has 2 rings (SSSR count). The topological polar surface area (TPSA) is 44.4 Å². The number of nitrogens with one attached hydrogen (secondary N) is 2. The largest absolute Gasteiger partial charge is 0.373 e. The zero-order chi connectivity index (χ0) is 14.4. The van der Waals surface area contributed by atoms with Gasteiger partial charge < -0.3 is 15.5 Å². The highest BCUT2D eigenvalue weighted by Crippen LogP contribution is 2.24. The van der Waals surface area contributed by atoms with Crippen LogP contribution in [0.3, 0.4) is 0 Å². The molecule has 1 heterocycles. The molecule has 4 nitrogen and oxygen atoms in total. The number of thioether (sulfide) groups is 1. The van der Waals surface area contributed by atoms with Gasteiger partial charge in [-0.3, -0.25) is 0 Å². The van der Waals surface area contributed by atoms with Crippen molar-refractivity contribution in [3.05, 3.63) is 24.3 Å². The maximum Gasteiger partial charge on any atom is 0.319 e. The van der Waals surface area contributed by atoms with E-state index in [1.54, 1.807) is 0 Å². The molecule has 2 amide bonds. The highest BCUT2D eigenvalue weighted by Gasteiger charge is 2.16. The standard InChI is InChI=1S/C15H23N3OS/c1-3-18(2)14-9-5-4-8-13(14)17-15(19)16-12-7-6-10-20-11-12/h4-5,8-9,12H,3,6-7,10-11H2,1-2H3,(H2,16,17,19)/t12-/m1/s1. The van der Waals surface area contributed by atoms with E-state index in [-0.39, 0.29) is 6.03 Å². The zero-order valence-electron chi connectivity index (χ0n) is 12.2. The molecule has 1 saturated heterocycles. The average molecular weight is 293 g/mol. The van der Waals surface area contributed by atoms with Crippen molar-refractivity contribution in [1.82, 2.24) is 5.32 Å². The number of rotatable bonds is 4. The van der Waals surface area contributed by atoms with Crippen LogP contribution in [-0.2, 0) is 0 Å². The Morgan fingerprint density at radius 1 is 1.45 bits per heavy atom. The van der Waals surface area contributed by atoms with Gasteiger partial charge >= 0.3 is 6.03 Å². The van der Waals surface area contributed by atoms with Crippen molar-refractivity contribution in [2.75, 3.05) is 35.3 Å². The Morgan fingerprint density at radius 3 is 2.95 bits per heavy atom. The molecular formula is C15H23N3OS. The second-order valence-electron chi connectivity index (χ2n) is 5.04. The fourth-order valence-electron chi connectivity index (χ4n) is 2.28. The molecule has 1 aliphatic heterocycles. The summed E-state index contributed by atoms with van der Waals surface area (Å²) < 4.78 is 0. The van der Waals surface area contributed by atoms with Gasteiger partial charge in [0.25, 0.3) is 0 Å². The Balaban J connectivity index is 1.96. The Hall–Kier alpha value is -1.36. The minimum atomic E-state index is -0.102. The van der Waals surface area contributed by atoms with Crippen LogP contribution in [0.15, 0.2) is 24.3 Å². The lowest BCUT2D eigenvalue weighted by Crippen LogP contribution is -2.41. The summed E-state index contributed by atoms with van der Waals surface area (Å²) >= 11 is 1.91. The third-order valence-corrected chi connectivity index (χ3v) is 4.75. The number of urea groups is 1. The molecule has 20 heavy (non-hydrogen) atoms. The molecule has 0 unspecified atom stereocenters. The first kappa shape index (κ1) is 15.0. The molecule has 1 aromatic rings. The van der Waals surface area contributed by atoms with Crippen LogP contribution in [0.1, 0.15) is 19.8 Å². The van der Waals surface area contributed by atoms with E-state index in [0.29, 0.717) is 6.04 Å². The lowest BCUT2D eigenvalue weighted by Gasteiger charge is -2.24. The van der Waals surface area contributed by atoms with Gasteiger partial charge in [-0.1, -0.05) is 12.1 Å². The Kier molecular flexibility index (Phi) is 5.59. The zero-order valence-corrected chi connectivity index (χ0v) is 13.0. The van der Waals surface area contributed by atoms with Crippen LogP contribution < -0.4 is 15.5 Å². The molecule has 0 saturated carbocycles. The molecule has 0 spiro atoms. The number of anilines is 2. The monoisotopic (exact) mass is 293 g/mol. The molecule has 0 aromatic heterocycles. The summed E-state index contributed by atoms with van der Waals surface area (Å²) in [6.07, 6.45) is 2.27. The molecule has 0 radical (unpaired) electrons. The summed E-state index contributed by atoms with van der Waals surface area (Å²) in [5.41, 5.74) is 1.90. The van der Waals surface area contributed by atoms with Crippen LogP contribution in [0.2, 0.25) is 0 Å². The van der Waals surface area contributed by atoms with Crippen LogP contribution in [0.4, 0.5) is 16.2 Å². The van der Waals surface area contributed by atoms with Gasteiger partial charge in [0.2, 0.25) is 0 Å².